The number of benzene rings is 1. The molecule has 5 nitrogen and oxygen atoms in total. The minimum absolute atomic E-state index is 0.191. The summed E-state index contributed by atoms with van der Waals surface area (Å²) < 4.78 is 44.5. The van der Waals surface area contributed by atoms with E-state index >= 15 is 0 Å². The average Bonchev–Trinajstić information content (AvgIpc) is 2.94. The average molecular weight is 334 g/mol. The van der Waals surface area contributed by atoms with Gasteiger partial charge in [0.15, 0.2) is 0 Å². The molecule has 0 aliphatic rings. The van der Waals surface area contributed by atoms with Crippen LogP contribution < -0.4 is 4.72 Å². The van der Waals surface area contributed by atoms with Crippen LogP contribution in [0, 0.1) is 5.82 Å². The van der Waals surface area contributed by atoms with E-state index in [0.717, 1.165) is 18.2 Å². The van der Waals surface area contributed by atoms with Gasteiger partial charge in [-0.3, -0.25) is 0 Å². The van der Waals surface area contributed by atoms with Gasteiger partial charge in [0.1, 0.15) is 17.2 Å². The van der Waals surface area contributed by atoms with E-state index in [1.807, 2.05) is 0 Å². The molecule has 2 aromatic rings. The van der Waals surface area contributed by atoms with Gasteiger partial charge in [-0.2, -0.15) is 0 Å². The topological polar surface area (TPSA) is 79.5 Å². The molecular weight excluding hydrogens is 321 g/mol. The first-order valence-corrected chi connectivity index (χ1v) is 7.79. The third-order valence-electron chi connectivity index (χ3n) is 2.86. The Morgan fingerprint density at radius 2 is 2.14 bits per heavy atom. The molecule has 0 fully saturated rings. The van der Waals surface area contributed by atoms with Gasteiger partial charge in [-0.1, -0.05) is 11.6 Å². The normalized spacial score (nSPS) is 14.9. The highest BCUT2D eigenvalue weighted by Crippen LogP contribution is 2.22. The summed E-state index contributed by atoms with van der Waals surface area (Å²) in [6.07, 6.45) is 1.37. The van der Waals surface area contributed by atoms with E-state index in [1.54, 1.807) is 6.07 Å². The van der Waals surface area contributed by atoms with Crippen molar-refractivity contribution in [2.75, 3.05) is 6.54 Å². The predicted molar refractivity (Wildman–Crippen MR) is 74.9 cm³/mol. The van der Waals surface area contributed by atoms with Gasteiger partial charge in [-0.25, -0.2) is 17.5 Å². The first kappa shape index (κ1) is 16.0. The van der Waals surface area contributed by atoms with Gasteiger partial charge in [0, 0.05) is 6.54 Å². The van der Waals surface area contributed by atoms with E-state index in [9.17, 15) is 17.9 Å². The second-order valence-corrected chi connectivity index (χ2v) is 6.83. The lowest BCUT2D eigenvalue weighted by atomic mass is 10.1. The molecule has 0 amide bonds. The van der Waals surface area contributed by atoms with Crippen molar-refractivity contribution in [2.45, 2.75) is 17.4 Å². The van der Waals surface area contributed by atoms with Gasteiger partial charge in [0.25, 0.3) is 0 Å². The van der Waals surface area contributed by atoms with Crippen LogP contribution in [0.2, 0.25) is 5.02 Å². The summed E-state index contributed by atoms with van der Waals surface area (Å²) in [4.78, 5) is -0.191. The fourth-order valence-electron chi connectivity index (χ4n) is 1.64. The maximum atomic E-state index is 13.0. The molecule has 0 unspecified atom stereocenters. The molecule has 8 heteroatoms. The fraction of sp³-hybridized carbons (Fsp3) is 0.231. The molecule has 21 heavy (non-hydrogen) atoms. The number of aliphatic hydroxyl groups is 1. The van der Waals surface area contributed by atoms with Gasteiger partial charge >= 0.3 is 0 Å². The lowest BCUT2D eigenvalue weighted by molar-refractivity contribution is 0.0395. The Kier molecular flexibility index (Phi) is 4.38. The van der Waals surface area contributed by atoms with E-state index in [-0.39, 0.29) is 22.2 Å². The quantitative estimate of drug-likeness (QED) is 0.879. The number of hydrogen-bond donors (Lipinski definition) is 2. The molecular formula is C13H13ClFNO4S. The number of halogens is 2. The maximum Gasteiger partial charge on any atom is 0.240 e. The summed E-state index contributed by atoms with van der Waals surface area (Å²) in [5.41, 5.74) is -1.51. The van der Waals surface area contributed by atoms with Crippen molar-refractivity contribution >= 4 is 21.6 Å². The Balaban J connectivity index is 2.16. The summed E-state index contributed by atoms with van der Waals surface area (Å²) in [6.45, 7) is 1.10. The van der Waals surface area contributed by atoms with Crippen molar-refractivity contribution in [1.82, 2.24) is 4.72 Å². The monoisotopic (exact) mass is 333 g/mol. The van der Waals surface area contributed by atoms with Crippen LogP contribution >= 0.6 is 11.6 Å². The van der Waals surface area contributed by atoms with Crippen LogP contribution in [0.1, 0.15) is 12.7 Å². The Hall–Kier alpha value is -1.41. The van der Waals surface area contributed by atoms with Crippen molar-refractivity contribution in [2.24, 2.45) is 0 Å². The molecule has 1 heterocycles. The molecule has 0 aliphatic heterocycles. The first-order valence-electron chi connectivity index (χ1n) is 5.93. The summed E-state index contributed by atoms with van der Waals surface area (Å²) in [5.74, 6) is -0.486. The summed E-state index contributed by atoms with van der Waals surface area (Å²) in [6, 6.07) is 6.16. The molecule has 0 bridgehead atoms. The van der Waals surface area contributed by atoms with Gasteiger partial charge in [0.05, 0.1) is 16.2 Å². The summed E-state index contributed by atoms with van der Waals surface area (Å²) >= 11 is 5.56. The first-order chi connectivity index (χ1) is 9.72. The minimum Gasteiger partial charge on any atom is -0.466 e. The predicted octanol–water partition coefficient (Wildman–Crippen LogP) is 2.26. The van der Waals surface area contributed by atoms with Gasteiger partial charge < -0.3 is 9.52 Å². The van der Waals surface area contributed by atoms with Gasteiger partial charge in [-0.15, -0.1) is 0 Å². The van der Waals surface area contributed by atoms with Crippen molar-refractivity contribution in [3.05, 3.63) is 53.2 Å². The van der Waals surface area contributed by atoms with Crippen LogP contribution in [0.4, 0.5) is 4.39 Å². The third kappa shape index (κ3) is 3.62. The third-order valence-corrected chi connectivity index (χ3v) is 4.55. The highest BCUT2D eigenvalue weighted by molar-refractivity contribution is 7.89. The number of furan rings is 1. The lowest BCUT2D eigenvalue weighted by Gasteiger charge is -2.21. The zero-order valence-corrected chi connectivity index (χ0v) is 12.6. The molecule has 0 spiro atoms. The van der Waals surface area contributed by atoms with E-state index in [0.29, 0.717) is 0 Å². The second-order valence-electron chi connectivity index (χ2n) is 4.65. The fourth-order valence-corrected chi connectivity index (χ4v) is 3.04. The number of rotatable bonds is 5. The molecule has 1 atom stereocenters. The van der Waals surface area contributed by atoms with E-state index in [1.165, 1.54) is 19.3 Å². The standard InChI is InChI=1S/C13H13ClFNO4S/c1-13(17,12-3-2-6-20-12)8-16-21(18,19)9-4-5-11(15)10(14)7-9/h2-7,16-17H,8H2,1H3/t13-/m0/s1. The summed E-state index contributed by atoms with van der Waals surface area (Å²) in [7, 11) is -3.93. The SMILES string of the molecule is C[C@](O)(CNS(=O)(=O)c1ccc(F)c(Cl)c1)c1ccco1. The van der Waals surface area contributed by atoms with Crippen molar-refractivity contribution in [3.8, 4) is 0 Å². The minimum atomic E-state index is -3.93. The molecule has 0 radical (unpaired) electrons. The molecule has 1 aromatic heterocycles. The molecule has 2 N–H and O–H groups in total. The maximum absolute atomic E-state index is 13.0. The highest BCUT2D eigenvalue weighted by Gasteiger charge is 2.29. The van der Waals surface area contributed by atoms with Crippen LogP contribution in [-0.2, 0) is 15.6 Å². The molecule has 2 rings (SSSR count). The summed E-state index contributed by atoms with van der Waals surface area (Å²) in [5, 5.41) is 9.88. The number of hydrogen-bond acceptors (Lipinski definition) is 4. The zero-order valence-electron chi connectivity index (χ0n) is 11.0. The van der Waals surface area contributed by atoms with Crippen LogP contribution in [-0.4, -0.2) is 20.1 Å². The second kappa shape index (κ2) is 5.76. The Labute approximate surface area is 126 Å². The lowest BCUT2D eigenvalue weighted by Crippen LogP contribution is -2.38. The van der Waals surface area contributed by atoms with Crippen LogP contribution in [0.3, 0.4) is 0 Å². The van der Waals surface area contributed by atoms with E-state index in [2.05, 4.69) is 4.72 Å². The Bertz CT molecular complexity index is 729. The van der Waals surface area contributed by atoms with Crippen molar-refractivity contribution in [1.29, 1.82) is 0 Å². The van der Waals surface area contributed by atoms with Crippen LogP contribution in [0.25, 0.3) is 0 Å². The molecule has 114 valence electrons. The van der Waals surface area contributed by atoms with Crippen molar-refractivity contribution in [3.63, 3.8) is 0 Å². The number of sulfonamides is 1. The molecule has 1 aromatic carbocycles. The zero-order chi connectivity index (χ0) is 15.7. The van der Waals surface area contributed by atoms with Crippen LogP contribution in [0.15, 0.2) is 45.9 Å². The number of nitrogens with one attached hydrogen (secondary N) is 1. The molecule has 0 aliphatic carbocycles. The van der Waals surface area contributed by atoms with Crippen molar-refractivity contribution < 1.29 is 22.3 Å². The van der Waals surface area contributed by atoms with Crippen LogP contribution in [0.5, 0.6) is 0 Å². The highest BCUT2D eigenvalue weighted by atomic mass is 35.5. The van der Waals surface area contributed by atoms with E-state index < -0.39 is 21.4 Å². The molecule has 0 saturated heterocycles. The van der Waals surface area contributed by atoms with E-state index in [4.69, 9.17) is 16.0 Å². The smallest absolute Gasteiger partial charge is 0.240 e. The Morgan fingerprint density at radius 1 is 1.43 bits per heavy atom. The Morgan fingerprint density at radius 3 is 2.71 bits per heavy atom. The molecule has 0 saturated carbocycles. The largest absolute Gasteiger partial charge is 0.466 e. The van der Waals surface area contributed by atoms with Gasteiger partial charge in [0.2, 0.25) is 10.0 Å². The van der Waals surface area contributed by atoms with Gasteiger partial charge in [-0.05, 0) is 37.3 Å².